The van der Waals surface area contributed by atoms with Gasteiger partial charge >= 0.3 is 0 Å². The van der Waals surface area contributed by atoms with E-state index in [9.17, 15) is 4.79 Å². The third-order valence-corrected chi connectivity index (χ3v) is 4.27. The predicted octanol–water partition coefficient (Wildman–Crippen LogP) is 3.38. The fourth-order valence-corrected chi connectivity index (χ4v) is 3.02. The zero-order valence-electron chi connectivity index (χ0n) is 10.8. The van der Waals surface area contributed by atoms with Gasteiger partial charge in [0.1, 0.15) is 5.75 Å². The molecule has 0 saturated carbocycles. The van der Waals surface area contributed by atoms with Crippen LogP contribution in [0.2, 0.25) is 0 Å². The number of hydrogen-bond donors (Lipinski definition) is 2. The fourth-order valence-electron chi connectivity index (χ4n) is 1.63. The molecule has 1 aromatic heterocycles. The molecule has 0 unspecified atom stereocenters. The van der Waals surface area contributed by atoms with Crippen molar-refractivity contribution in [3.8, 4) is 5.75 Å². The topological polar surface area (TPSA) is 64.4 Å². The Balaban J connectivity index is 1.94. The van der Waals surface area contributed by atoms with E-state index < -0.39 is 0 Å². The van der Waals surface area contributed by atoms with Crippen LogP contribution < -0.4 is 15.8 Å². The molecule has 0 fully saturated rings. The highest BCUT2D eigenvalue weighted by atomic mass is 79.9. The first-order valence-electron chi connectivity index (χ1n) is 6.12. The Bertz CT molecular complexity index is 586. The van der Waals surface area contributed by atoms with Crippen LogP contribution in [0.3, 0.4) is 0 Å². The number of carbonyl (C=O) groups is 1. The molecule has 0 aliphatic heterocycles. The summed E-state index contributed by atoms with van der Waals surface area (Å²) in [7, 11) is 0. The molecule has 2 aromatic rings. The summed E-state index contributed by atoms with van der Waals surface area (Å²) in [5, 5.41) is 5.38. The van der Waals surface area contributed by atoms with Gasteiger partial charge in [0.05, 0.1) is 18.7 Å². The van der Waals surface area contributed by atoms with E-state index in [1.54, 1.807) is 11.3 Å². The Morgan fingerprint density at radius 1 is 1.40 bits per heavy atom. The van der Waals surface area contributed by atoms with Gasteiger partial charge in [0.2, 0.25) is 5.91 Å². The van der Waals surface area contributed by atoms with Crippen LogP contribution in [0.5, 0.6) is 5.75 Å². The molecule has 106 valence electrons. The predicted molar refractivity (Wildman–Crippen MR) is 85.1 cm³/mol. The van der Waals surface area contributed by atoms with E-state index in [1.165, 1.54) is 4.88 Å². The molecule has 20 heavy (non-hydrogen) atoms. The lowest BCUT2D eigenvalue weighted by Gasteiger charge is -2.12. The van der Waals surface area contributed by atoms with Gasteiger partial charge in [-0.2, -0.15) is 0 Å². The standard InChI is InChI=1S/C14H15BrN2O2S/c15-10-7-11(20-9-10)8-17-12-3-1-2-4-13(12)19-6-5-14(16)18/h1-4,7,9,17H,5-6,8H2,(H2,16,18). The van der Waals surface area contributed by atoms with Gasteiger partial charge in [-0.05, 0) is 34.1 Å². The Morgan fingerprint density at radius 2 is 2.20 bits per heavy atom. The molecule has 0 atom stereocenters. The third-order valence-electron chi connectivity index (χ3n) is 2.57. The molecule has 0 radical (unpaired) electrons. The summed E-state index contributed by atoms with van der Waals surface area (Å²) >= 11 is 5.12. The number of para-hydroxylation sites is 2. The van der Waals surface area contributed by atoms with Crippen molar-refractivity contribution in [2.75, 3.05) is 11.9 Å². The third kappa shape index (κ3) is 4.54. The van der Waals surface area contributed by atoms with Gasteiger partial charge < -0.3 is 15.8 Å². The molecule has 0 spiro atoms. The maximum absolute atomic E-state index is 10.7. The number of carbonyl (C=O) groups excluding carboxylic acids is 1. The van der Waals surface area contributed by atoms with Gasteiger partial charge in [0.15, 0.2) is 0 Å². The first-order valence-corrected chi connectivity index (χ1v) is 7.79. The molecule has 6 heteroatoms. The van der Waals surface area contributed by atoms with Gasteiger partial charge in [-0.15, -0.1) is 11.3 Å². The highest BCUT2D eigenvalue weighted by molar-refractivity contribution is 9.10. The van der Waals surface area contributed by atoms with E-state index in [1.807, 2.05) is 29.6 Å². The Hall–Kier alpha value is -1.53. The van der Waals surface area contributed by atoms with Gasteiger partial charge in [0, 0.05) is 21.3 Å². The minimum absolute atomic E-state index is 0.214. The van der Waals surface area contributed by atoms with Crippen molar-refractivity contribution in [2.45, 2.75) is 13.0 Å². The number of primary amides is 1. The molecule has 0 aliphatic carbocycles. The second-order valence-electron chi connectivity index (χ2n) is 4.15. The number of anilines is 1. The minimum Gasteiger partial charge on any atom is -0.491 e. The summed E-state index contributed by atoms with van der Waals surface area (Å²) in [4.78, 5) is 11.9. The number of halogens is 1. The summed E-state index contributed by atoms with van der Waals surface area (Å²) in [5.41, 5.74) is 6.00. The highest BCUT2D eigenvalue weighted by Crippen LogP contribution is 2.26. The molecule has 0 aliphatic rings. The number of thiophene rings is 1. The maximum atomic E-state index is 10.7. The molecule has 1 amide bonds. The molecular weight excluding hydrogens is 340 g/mol. The molecule has 3 N–H and O–H groups in total. The van der Waals surface area contributed by atoms with Crippen molar-refractivity contribution in [1.82, 2.24) is 0 Å². The smallest absolute Gasteiger partial charge is 0.220 e. The number of nitrogens with one attached hydrogen (secondary N) is 1. The van der Waals surface area contributed by atoms with E-state index in [0.717, 1.165) is 22.5 Å². The summed E-state index contributed by atoms with van der Waals surface area (Å²) in [6.07, 6.45) is 0.214. The number of rotatable bonds is 7. The number of ether oxygens (including phenoxy) is 1. The Morgan fingerprint density at radius 3 is 2.90 bits per heavy atom. The van der Waals surface area contributed by atoms with Crippen LogP contribution in [-0.4, -0.2) is 12.5 Å². The van der Waals surface area contributed by atoms with Crippen molar-refractivity contribution < 1.29 is 9.53 Å². The molecule has 2 rings (SSSR count). The quantitative estimate of drug-likeness (QED) is 0.800. The second kappa shape index (κ2) is 7.31. The summed E-state index contributed by atoms with van der Waals surface area (Å²) in [5.74, 6) is 0.364. The van der Waals surface area contributed by atoms with Crippen molar-refractivity contribution in [2.24, 2.45) is 5.73 Å². The first-order chi connectivity index (χ1) is 9.65. The van der Waals surface area contributed by atoms with Crippen molar-refractivity contribution in [3.05, 3.63) is 45.1 Å². The molecule has 0 bridgehead atoms. The van der Waals surface area contributed by atoms with Crippen LogP contribution in [0.4, 0.5) is 5.69 Å². The minimum atomic E-state index is -0.362. The SMILES string of the molecule is NC(=O)CCOc1ccccc1NCc1cc(Br)cs1. The molecule has 1 heterocycles. The average Bonchev–Trinajstić information content (AvgIpc) is 2.83. The van der Waals surface area contributed by atoms with Crippen molar-refractivity contribution in [1.29, 1.82) is 0 Å². The van der Waals surface area contributed by atoms with Crippen LogP contribution in [0, 0.1) is 0 Å². The van der Waals surface area contributed by atoms with Crippen LogP contribution in [-0.2, 0) is 11.3 Å². The van der Waals surface area contributed by atoms with E-state index >= 15 is 0 Å². The Labute approximate surface area is 130 Å². The van der Waals surface area contributed by atoms with E-state index in [2.05, 4.69) is 27.3 Å². The van der Waals surface area contributed by atoms with Gasteiger partial charge in [-0.3, -0.25) is 4.79 Å². The maximum Gasteiger partial charge on any atom is 0.220 e. The van der Waals surface area contributed by atoms with E-state index in [4.69, 9.17) is 10.5 Å². The molecule has 1 aromatic carbocycles. The zero-order valence-corrected chi connectivity index (χ0v) is 13.2. The lowest BCUT2D eigenvalue weighted by Crippen LogP contribution is -2.15. The number of nitrogens with two attached hydrogens (primary N) is 1. The number of amides is 1. The van der Waals surface area contributed by atoms with Crippen LogP contribution >= 0.6 is 27.3 Å². The van der Waals surface area contributed by atoms with E-state index in [0.29, 0.717) is 6.61 Å². The lowest BCUT2D eigenvalue weighted by atomic mass is 10.3. The van der Waals surface area contributed by atoms with Gasteiger partial charge in [-0.1, -0.05) is 12.1 Å². The first kappa shape index (κ1) is 14.9. The number of benzene rings is 1. The average molecular weight is 355 g/mol. The summed E-state index contributed by atoms with van der Waals surface area (Å²) in [6, 6.07) is 9.73. The normalized spacial score (nSPS) is 10.2. The zero-order chi connectivity index (χ0) is 14.4. The van der Waals surface area contributed by atoms with Crippen LogP contribution in [0.1, 0.15) is 11.3 Å². The number of hydrogen-bond acceptors (Lipinski definition) is 4. The van der Waals surface area contributed by atoms with Gasteiger partial charge in [-0.25, -0.2) is 0 Å². The summed E-state index contributed by atoms with van der Waals surface area (Å²) in [6.45, 7) is 1.02. The fraction of sp³-hybridized carbons (Fsp3) is 0.214. The van der Waals surface area contributed by atoms with Crippen LogP contribution in [0.25, 0.3) is 0 Å². The largest absolute Gasteiger partial charge is 0.491 e. The highest BCUT2D eigenvalue weighted by Gasteiger charge is 2.04. The summed E-state index contributed by atoms with van der Waals surface area (Å²) < 4.78 is 6.66. The van der Waals surface area contributed by atoms with E-state index in [-0.39, 0.29) is 12.3 Å². The molecule has 4 nitrogen and oxygen atoms in total. The lowest BCUT2D eigenvalue weighted by molar-refractivity contribution is -0.118. The monoisotopic (exact) mass is 354 g/mol. The Kier molecular flexibility index (Phi) is 5.43. The van der Waals surface area contributed by atoms with Crippen LogP contribution in [0.15, 0.2) is 40.2 Å². The molecular formula is C14H15BrN2O2S. The van der Waals surface area contributed by atoms with Gasteiger partial charge in [0.25, 0.3) is 0 Å². The molecule has 0 saturated heterocycles. The van der Waals surface area contributed by atoms with Crippen molar-refractivity contribution >= 4 is 38.9 Å². The second-order valence-corrected chi connectivity index (χ2v) is 6.06. The van der Waals surface area contributed by atoms with Crippen molar-refractivity contribution in [3.63, 3.8) is 0 Å².